The van der Waals surface area contributed by atoms with Gasteiger partial charge < -0.3 is 10.1 Å². The molecule has 0 atom stereocenters. The molecule has 0 aliphatic carbocycles. The number of amides is 1. The Morgan fingerprint density at radius 2 is 1.82 bits per heavy atom. The van der Waals surface area contributed by atoms with Gasteiger partial charge in [-0.15, -0.1) is 10.2 Å². The highest BCUT2D eigenvalue weighted by Crippen LogP contribution is 2.26. The van der Waals surface area contributed by atoms with Gasteiger partial charge in [0.2, 0.25) is 5.91 Å². The summed E-state index contributed by atoms with van der Waals surface area (Å²) in [5, 5.41) is 12.7. The number of hydrogen-bond acceptors (Lipinski definition) is 5. The van der Waals surface area contributed by atoms with Gasteiger partial charge in [-0.3, -0.25) is 4.79 Å². The number of carbonyl (C=O) groups is 1. The number of rotatable bonds is 7. The van der Waals surface area contributed by atoms with Crippen molar-refractivity contribution in [3.63, 3.8) is 0 Å². The minimum absolute atomic E-state index is 0.166. The van der Waals surface area contributed by atoms with E-state index in [1.54, 1.807) is 18.2 Å². The smallest absolute Gasteiger partial charge is 0.234 e. The van der Waals surface area contributed by atoms with E-state index in [9.17, 15) is 4.79 Å². The minimum atomic E-state index is -0.166. The SMILES string of the molecule is CCOc1ccc(-c2ccc(SCC(=O)Nc3ccc(Cl)c(Cl)c3)nn2)cc1. The highest BCUT2D eigenvalue weighted by molar-refractivity contribution is 7.99. The Morgan fingerprint density at radius 3 is 2.46 bits per heavy atom. The molecule has 0 radical (unpaired) electrons. The van der Waals surface area contributed by atoms with Gasteiger partial charge in [-0.2, -0.15) is 0 Å². The van der Waals surface area contributed by atoms with Crippen LogP contribution in [0.5, 0.6) is 5.75 Å². The van der Waals surface area contributed by atoms with Crippen LogP contribution in [0.3, 0.4) is 0 Å². The zero-order valence-corrected chi connectivity index (χ0v) is 17.3. The van der Waals surface area contributed by atoms with Gasteiger partial charge in [0.1, 0.15) is 10.8 Å². The van der Waals surface area contributed by atoms with Gasteiger partial charge in [0, 0.05) is 11.3 Å². The molecule has 1 heterocycles. The molecule has 0 aliphatic rings. The lowest BCUT2D eigenvalue weighted by molar-refractivity contribution is -0.113. The Balaban J connectivity index is 1.55. The summed E-state index contributed by atoms with van der Waals surface area (Å²) in [6.07, 6.45) is 0. The van der Waals surface area contributed by atoms with Gasteiger partial charge in [-0.05, 0) is 61.5 Å². The molecular weight excluding hydrogens is 417 g/mol. The molecule has 1 aromatic heterocycles. The Bertz CT molecular complexity index is 951. The lowest BCUT2D eigenvalue weighted by Gasteiger charge is -2.07. The van der Waals surface area contributed by atoms with E-state index in [0.717, 1.165) is 17.0 Å². The van der Waals surface area contributed by atoms with Gasteiger partial charge in [0.15, 0.2) is 0 Å². The van der Waals surface area contributed by atoms with E-state index in [1.165, 1.54) is 11.8 Å². The van der Waals surface area contributed by atoms with Crippen LogP contribution < -0.4 is 10.1 Å². The second kappa shape index (κ2) is 9.78. The van der Waals surface area contributed by atoms with E-state index in [-0.39, 0.29) is 11.7 Å². The molecule has 0 saturated heterocycles. The standard InChI is InChI=1S/C20H17Cl2N3O2S/c1-2-27-15-6-3-13(4-7-15)18-9-10-20(25-24-18)28-12-19(26)23-14-5-8-16(21)17(22)11-14/h3-11H,2,12H2,1H3,(H,23,26). The molecule has 3 rings (SSSR count). The highest BCUT2D eigenvalue weighted by Gasteiger charge is 2.08. The van der Waals surface area contributed by atoms with Crippen molar-refractivity contribution in [2.24, 2.45) is 0 Å². The third-order valence-corrected chi connectivity index (χ3v) is 5.31. The number of nitrogens with zero attached hydrogens (tertiary/aromatic N) is 2. The number of thioether (sulfide) groups is 1. The molecule has 0 unspecified atom stereocenters. The van der Waals surface area contributed by atoms with Crippen molar-refractivity contribution in [1.82, 2.24) is 10.2 Å². The molecule has 144 valence electrons. The van der Waals surface area contributed by atoms with Crippen LogP contribution in [0.2, 0.25) is 10.0 Å². The summed E-state index contributed by atoms with van der Waals surface area (Å²) in [6, 6.07) is 16.3. The summed E-state index contributed by atoms with van der Waals surface area (Å²) >= 11 is 13.1. The predicted octanol–water partition coefficient (Wildman–Crippen LogP) is 5.58. The first-order valence-corrected chi connectivity index (χ1v) is 10.2. The predicted molar refractivity (Wildman–Crippen MR) is 114 cm³/mol. The van der Waals surface area contributed by atoms with Gasteiger partial charge in [0.05, 0.1) is 28.1 Å². The van der Waals surface area contributed by atoms with Gasteiger partial charge in [-0.1, -0.05) is 35.0 Å². The Morgan fingerprint density at radius 1 is 1.04 bits per heavy atom. The number of halogens is 2. The van der Waals surface area contributed by atoms with Gasteiger partial charge in [0.25, 0.3) is 0 Å². The number of carbonyl (C=O) groups excluding carboxylic acids is 1. The fourth-order valence-corrected chi connectivity index (χ4v) is 3.26. The monoisotopic (exact) mass is 433 g/mol. The highest BCUT2D eigenvalue weighted by atomic mass is 35.5. The molecule has 1 amide bonds. The average Bonchev–Trinajstić information content (AvgIpc) is 2.70. The van der Waals surface area contributed by atoms with E-state index in [0.29, 0.717) is 27.4 Å². The maximum Gasteiger partial charge on any atom is 0.234 e. The zero-order chi connectivity index (χ0) is 19.9. The van der Waals surface area contributed by atoms with Crippen LogP contribution in [-0.4, -0.2) is 28.5 Å². The Kier molecular flexibility index (Phi) is 7.14. The van der Waals surface area contributed by atoms with Gasteiger partial charge in [-0.25, -0.2) is 0 Å². The third kappa shape index (κ3) is 5.61. The molecule has 5 nitrogen and oxygen atoms in total. The van der Waals surface area contributed by atoms with Crippen LogP contribution in [-0.2, 0) is 4.79 Å². The second-order valence-electron chi connectivity index (χ2n) is 5.68. The summed E-state index contributed by atoms with van der Waals surface area (Å²) in [5.74, 6) is 0.859. The molecule has 2 aromatic carbocycles. The first-order chi connectivity index (χ1) is 13.5. The lowest BCUT2D eigenvalue weighted by Crippen LogP contribution is -2.14. The van der Waals surface area contributed by atoms with Crippen LogP contribution in [0.25, 0.3) is 11.3 Å². The van der Waals surface area contributed by atoms with Crippen molar-refractivity contribution < 1.29 is 9.53 Å². The largest absolute Gasteiger partial charge is 0.494 e. The fourth-order valence-electron chi connectivity index (χ4n) is 2.35. The topological polar surface area (TPSA) is 64.1 Å². The molecule has 0 fully saturated rings. The maximum atomic E-state index is 12.1. The Labute approximate surface area is 177 Å². The lowest BCUT2D eigenvalue weighted by atomic mass is 10.1. The molecule has 1 N–H and O–H groups in total. The van der Waals surface area contributed by atoms with Crippen LogP contribution in [0.4, 0.5) is 5.69 Å². The van der Waals surface area contributed by atoms with E-state index in [4.69, 9.17) is 27.9 Å². The quantitative estimate of drug-likeness (QED) is 0.492. The number of hydrogen-bond donors (Lipinski definition) is 1. The summed E-state index contributed by atoms with van der Waals surface area (Å²) in [5.41, 5.74) is 2.30. The molecule has 0 saturated carbocycles. The fraction of sp³-hybridized carbons (Fsp3) is 0.150. The van der Waals surface area contributed by atoms with Gasteiger partial charge >= 0.3 is 0 Å². The molecular formula is C20H17Cl2N3O2S. The molecule has 28 heavy (non-hydrogen) atoms. The Hall–Kier alpha value is -2.28. The van der Waals surface area contributed by atoms with Crippen molar-refractivity contribution in [2.75, 3.05) is 17.7 Å². The first kappa shape index (κ1) is 20.5. The first-order valence-electron chi connectivity index (χ1n) is 8.50. The normalized spacial score (nSPS) is 10.5. The van der Waals surface area contributed by atoms with Crippen molar-refractivity contribution in [3.05, 3.63) is 64.6 Å². The van der Waals surface area contributed by atoms with Crippen molar-refractivity contribution in [1.29, 1.82) is 0 Å². The summed E-state index contributed by atoms with van der Waals surface area (Å²) in [7, 11) is 0. The summed E-state index contributed by atoms with van der Waals surface area (Å²) in [4.78, 5) is 12.1. The second-order valence-corrected chi connectivity index (χ2v) is 7.49. The van der Waals surface area contributed by atoms with Crippen molar-refractivity contribution >= 4 is 46.6 Å². The van der Waals surface area contributed by atoms with E-state index in [2.05, 4.69) is 15.5 Å². The van der Waals surface area contributed by atoms with E-state index < -0.39 is 0 Å². The molecule has 0 bridgehead atoms. The zero-order valence-electron chi connectivity index (χ0n) is 15.0. The van der Waals surface area contributed by atoms with Crippen molar-refractivity contribution in [3.8, 4) is 17.0 Å². The number of anilines is 1. The third-order valence-electron chi connectivity index (χ3n) is 3.66. The summed E-state index contributed by atoms with van der Waals surface area (Å²) < 4.78 is 5.43. The van der Waals surface area contributed by atoms with Crippen LogP contribution in [0.15, 0.2) is 59.6 Å². The van der Waals surface area contributed by atoms with Crippen LogP contribution in [0.1, 0.15) is 6.92 Å². The van der Waals surface area contributed by atoms with E-state index in [1.807, 2.05) is 43.3 Å². The molecule has 3 aromatic rings. The molecule has 8 heteroatoms. The minimum Gasteiger partial charge on any atom is -0.494 e. The van der Waals surface area contributed by atoms with Crippen LogP contribution in [0, 0.1) is 0 Å². The number of ether oxygens (including phenoxy) is 1. The molecule has 0 aliphatic heterocycles. The number of benzene rings is 2. The number of aromatic nitrogens is 2. The summed E-state index contributed by atoms with van der Waals surface area (Å²) in [6.45, 7) is 2.57. The maximum absolute atomic E-state index is 12.1. The average molecular weight is 434 g/mol. The van der Waals surface area contributed by atoms with Crippen LogP contribution >= 0.6 is 35.0 Å². The van der Waals surface area contributed by atoms with E-state index >= 15 is 0 Å². The number of nitrogens with one attached hydrogen (secondary N) is 1. The molecule has 0 spiro atoms. The van der Waals surface area contributed by atoms with Crippen molar-refractivity contribution in [2.45, 2.75) is 11.9 Å².